The second kappa shape index (κ2) is 7.74. The van der Waals surface area contributed by atoms with Crippen molar-refractivity contribution in [3.8, 4) is 5.75 Å². The molecule has 1 amide bonds. The molecule has 2 heterocycles. The lowest BCUT2D eigenvalue weighted by molar-refractivity contribution is 0.0955. The molecule has 1 N–H and O–H groups in total. The lowest BCUT2D eigenvalue weighted by Gasteiger charge is -2.10. The molecular formula is C20H23N3O2S. The van der Waals surface area contributed by atoms with Crippen molar-refractivity contribution in [3.05, 3.63) is 68.7 Å². The Kier molecular flexibility index (Phi) is 5.42. The smallest absolute Gasteiger partial charge is 0.261 e. The summed E-state index contributed by atoms with van der Waals surface area (Å²) in [5.74, 6) is 0.841. The van der Waals surface area contributed by atoms with Crippen LogP contribution in [-0.2, 0) is 20.2 Å². The number of carbonyl (C=O) groups excluding carboxylic acids is 1. The van der Waals surface area contributed by atoms with Gasteiger partial charge in [0.2, 0.25) is 0 Å². The third-order valence-electron chi connectivity index (χ3n) is 4.45. The van der Waals surface area contributed by atoms with Gasteiger partial charge in [0.05, 0.1) is 11.1 Å². The van der Waals surface area contributed by atoms with Crippen molar-refractivity contribution in [1.29, 1.82) is 0 Å². The maximum absolute atomic E-state index is 12.4. The monoisotopic (exact) mass is 369 g/mol. The van der Waals surface area contributed by atoms with Crippen LogP contribution < -0.4 is 10.1 Å². The maximum Gasteiger partial charge on any atom is 0.261 e. The third-order valence-corrected chi connectivity index (χ3v) is 5.42. The molecule has 0 unspecified atom stereocenters. The van der Waals surface area contributed by atoms with Crippen LogP contribution >= 0.6 is 11.3 Å². The zero-order chi connectivity index (χ0) is 18.7. The molecule has 5 nitrogen and oxygen atoms in total. The van der Waals surface area contributed by atoms with Gasteiger partial charge in [-0.1, -0.05) is 18.2 Å². The van der Waals surface area contributed by atoms with Crippen molar-refractivity contribution >= 4 is 17.2 Å². The lowest BCUT2D eigenvalue weighted by Crippen LogP contribution is -2.22. The topological polar surface area (TPSA) is 56.1 Å². The Bertz CT molecular complexity index is 907. The highest BCUT2D eigenvalue weighted by molar-refractivity contribution is 7.12. The van der Waals surface area contributed by atoms with Crippen molar-refractivity contribution in [2.24, 2.45) is 7.05 Å². The quantitative estimate of drug-likeness (QED) is 0.717. The van der Waals surface area contributed by atoms with E-state index in [0.717, 1.165) is 33.7 Å². The summed E-state index contributed by atoms with van der Waals surface area (Å²) in [4.78, 5) is 13.0. The van der Waals surface area contributed by atoms with Crippen LogP contribution in [0.3, 0.4) is 0 Å². The fourth-order valence-corrected chi connectivity index (χ4v) is 3.55. The molecule has 0 saturated heterocycles. The number of nitrogens with zero attached hydrogens (tertiary/aromatic N) is 2. The summed E-state index contributed by atoms with van der Waals surface area (Å²) in [5.41, 5.74) is 5.31. The van der Waals surface area contributed by atoms with Gasteiger partial charge >= 0.3 is 0 Å². The summed E-state index contributed by atoms with van der Waals surface area (Å²) in [6, 6.07) is 7.99. The minimum absolute atomic E-state index is 0.0726. The van der Waals surface area contributed by atoms with E-state index in [2.05, 4.69) is 10.4 Å². The average molecular weight is 369 g/mol. The number of amides is 1. The minimum atomic E-state index is -0.0726. The Hall–Kier alpha value is -2.60. The van der Waals surface area contributed by atoms with Gasteiger partial charge in [-0.2, -0.15) is 5.10 Å². The summed E-state index contributed by atoms with van der Waals surface area (Å²) in [5, 5.41) is 9.11. The number of hydrogen-bond acceptors (Lipinski definition) is 4. The first-order chi connectivity index (χ1) is 12.5. The van der Waals surface area contributed by atoms with Gasteiger partial charge < -0.3 is 10.1 Å². The van der Waals surface area contributed by atoms with Crippen molar-refractivity contribution < 1.29 is 9.53 Å². The van der Waals surface area contributed by atoms with E-state index in [0.29, 0.717) is 18.0 Å². The van der Waals surface area contributed by atoms with Crippen molar-refractivity contribution in [1.82, 2.24) is 15.1 Å². The highest BCUT2D eigenvalue weighted by Gasteiger charge is 2.12. The lowest BCUT2D eigenvalue weighted by atomic mass is 10.1. The van der Waals surface area contributed by atoms with E-state index in [1.54, 1.807) is 10.9 Å². The number of thiophene rings is 1. The number of nitrogens with one attached hydrogen (secondary N) is 1. The Balaban J connectivity index is 1.58. The standard InChI is InChI=1S/C20H23N3O2S/c1-13-6-5-7-14(2)19(13)25-11-16-8-18(26-12-16)20(24)21-9-17-10-22-23(4)15(17)3/h5-8,10,12H,9,11H2,1-4H3,(H,21,24). The number of ether oxygens (including phenoxy) is 1. The minimum Gasteiger partial charge on any atom is -0.488 e. The van der Waals surface area contributed by atoms with E-state index in [-0.39, 0.29) is 5.91 Å². The van der Waals surface area contributed by atoms with Gasteiger partial charge in [-0.05, 0) is 43.3 Å². The predicted molar refractivity (Wildman–Crippen MR) is 104 cm³/mol. The molecule has 2 aromatic heterocycles. The van der Waals surface area contributed by atoms with Crippen LogP contribution in [-0.4, -0.2) is 15.7 Å². The van der Waals surface area contributed by atoms with Crippen LogP contribution in [0.4, 0.5) is 0 Å². The zero-order valence-electron chi connectivity index (χ0n) is 15.5. The van der Waals surface area contributed by atoms with Gasteiger partial charge in [0.15, 0.2) is 0 Å². The van der Waals surface area contributed by atoms with Crippen molar-refractivity contribution in [2.45, 2.75) is 33.9 Å². The fraction of sp³-hybridized carbons (Fsp3) is 0.300. The fourth-order valence-electron chi connectivity index (χ4n) is 2.73. The second-order valence-corrected chi connectivity index (χ2v) is 7.30. The molecule has 1 aromatic carbocycles. The molecule has 3 aromatic rings. The van der Waals surface area contributed by atoms with Gasteiger partial charge in [0, 0.05) is 30.4 Å². The molecule has 0 aliphatic rings. The van der Waals surface area contributed by atoms with E-state index in [1.165, 1.54) is 11.3 Å². The molecule has 3 rings (SSSR count). The van der Waals surface area contributed by atoms with Crippen LogP contribution in [0, 0.1) is 20.8 Å². The SMILES string of the molecule is Cc1cccc(C)c1OCc1csc(C(=O)NCc2cnn(C)c2C)c1. The highest BCUT2D eigenvalue weighted by atomic mass is 32.1. The summed E-state index contributed by atoms with van der Waals surface area (Å²) in [6.45, 7) is 7.00. The number of para-hydroxylation sites is 1. The molecule has 0 atom stereocenters. The molecular weight excluding hydrogens is 346 g/mol. The van der Waals surface area contributed by atoms with E-state index in [1.807, 2.05) is 57.5 Å². The average Bonchev–Trinajstić information content (AvgIpc) is 3.21. The van der Waals surface area contributed by atoms with E-state index < -0.39 is 0 Å². The van der Waals surface area contributed by atoms with Crippen molar-refractivity contribution in [3.63, 3.8) is 0 Å². The molecule has 0 fully saturated rings. The summed E-state index contributed by atoms with van der Waals surface area (Å²) < 4.78 is 7.76. The van der Waals surface area contributed by atoms with Crippen LogP contribution in [0.15, 0.2) is 35.8 Å². The number of aromatic nitrogens is 2. The number of benzene rings is 1. The molecule has 6 heteroatoms. The number of aryl methyl sites for hydroxylation is 3. The summed E-state index contributed by atoms with van der Waals surface area (Å²) in [7, 11) is 1.89. The van der Waals surface area contributed by atoms with Crippen LogP contribution in [0.25, 0.3) is 0 Å². The van der Waals surface area contributed by atoms with Crippen molar-refractivity contribution in [2.75, 3.05) is 0 Å². The van der Waals surface area contributed by atoms with Gasteiger partial charge in [-0.25, -0.2) is 0 Å². The van der Waals surface area contributed by atoms with Crippen LogP contribution in [0.5, 0.6) is 5.75 Å². The third kappa shape index (κ3) is 3.96. The molecule has 0 aliphatic heterocycles. The van der Waals surface area contributed by atoms with Gasteiger partial charge in [-0.3, -0.25) is 9.48 Å². The Morgan fingerprint density at radius 1 is 1.27 bits per heavy atom. The van der Waals surface area contributed by atoms with E-state index in [4.69, 9.17) is 4.74 Å². The summed E-state index contributed by atoms with van der Waals surface area (Å²) >= 11 is 1.43. The first-order valence-corrected chi connectivity index (χ1v) is 9.35. The largest absolute Gasteiger partial charge is 0.488 e. The Morgan fingerprint density at radius 2 is 2.00 bits per heavy atom. The second-order valence-electron chi connectivity index (χ2n) is 6.39. The first kappa shape index (κ1) is 18.2. The van der Waals surface area contributed by atoms with Crippen LogP contribution in [0.1, 0.15) is 37.6 Å². The zero-order valence-corrected chi connectivity index (χ0v) is 16.3. The number of carbonyl (C=O) groups is 1. The molecule has 0 spiro atoms. The van der Waals surface area contributed by atoms with Gasteiger partial charge in [0.25, 0.3) is 5.91 Å². The normalized spacial score (nSPS) is 10.8. The summed E-state index contributed by atoms with van der Waals surface area (Å²) in [6.07, 6.45) is 1.79. The molecule has 0 aliphatic carbocycles. The van der Waals surface area contributed by atoms with E-state index >= 15 is 0 Å². The molecule has 0 saturated carbocycles. The van der Waals surface area contributed by atoms with Crippen LogP contribution in [0.2, 0.25) is 0 Å². The number of rotatable bonds is 6. The Labute approximate surface area is 157 Å². The maximum atomic E-state index is 12.4. The number of hydrogen-bond donors (Lipinski definition) is 1. The highest BCUT2D eigenvalue weighted by Crippen LogP contribution is 2.24. The molecule has 0 bridgehead atoms. The van der Waals surface area contributed by atoms with E-state index in [9.17, 15) is 4.79 Å². The first-order valence-electron chi connectivity index (χ1n) is 8.48. The van der Waals surface area contributed by atoms with Gasteiger partial charge in [0.1, 0.15) is 12.4 Å². The van der Waals surface area contributed by atoms with Gasteiger partial charge in [-0.15, -0.1) is 11.3 Å². The molecule has 136 valence electrons. The molecule has 0 radical (unpaired) electrons. The molecule has 26 heavy (non-hydrogen) atoms. The Morgan fingerprint density at radius 3 is 2.65 bits per heavy atom. The predicted octanol–water partition coefficient (Wildman–Crippen LogP) is 3.92.